The van der Waals surface area contributed by atoms with Crippen LogP contribution in [0.2, 0.25) is 0 Å². The molecule has 52 heavy (non-hydrogen) atoms. The topological polar surface area (TPSA) is 12.2 Å². The van der Waals surface area contributed by atoms with E-state index in [1.807, 2.05) is 0 Å². The summed E-state index contributed by atoms with van der Waals surface area (Å²) < 4.78 is 7.48. The molecule has 11 rings (SSSR count). The first kappa shape index (κ1) is 29.6. The summed E-state index contributed by atoms with van der Waals surface area (Å²) >= 11 is 0. The smallest absolute Gasteiger partial charge is 0.257 e. The number of benzene rings is 5. The molecule has 4 aromatic heterocycles. The Labute approximate surface area is 303 Å². The first-order chi connectivity index (χ1) is 25.4. The molecule has 0 amide bonds. The largest absolute Gasteiger partial charge is 0.308 e. The first-order valence-corrected chi connectivity index (χ1v) is 18.5. The van der Waals surface area contributed by atoms with Crippen LogP contribution in [0.1, 0.15) is 37.0 Å². The Morgan fingerprint density at radius 3 is 2.23 bits per heavy atom. The fourth-order valence-electron chi connectivity index (χ4n) is 10.2. The second-order valence-electron chi connectivity index (χ2n) is 15.4. The van der Waals surface area contributed by atoms with E-state index in [-0.39, 0.29) is 5.41 Å². The predicted octanol–water partition coefficient (Wildman–Crippen LogP) is 10.8. The van der Waals surface area contributed by atoms with Gasteiger partial charge < -0.3 is 4.40 Å². The van der Waals surface area contributed by atoms with Crippen LogP contribution in [0.4, 0.5) is 0 Å². The third-order valence-corrected chi connectivity index (χ3v) is 13.1. The molecule has 0 radical (unpaired) electrons. The van der Waals surface area contributed by atoms with Crippen molar-refractivity contribution in [3.8, 4) is 33.6 Å². The Morgan fingerprint density at radius 1 is 0.635 bits per heavy atom. The number of pyridine rings is 2. The van der Waals surface area contributed by atoms with Gasteiger partial charge in [0.25, 0.3) is 11.2 Å². The second-order valence-corrected chi connectivity index (χ2v) is 15.4. The Hall–Kier alpha value is -6.06. The van der Waals surface area contributed by atoms with E-state index in [0.29, 0.717) is 0 Å². The molecular formula is C49H39N3+2. The molecule has 3 heteroatoms. The summed E-state index contributed by atoms with van der Waals surface area (Å²) in [6.45, 7) is 12.2. The van der Waals surface area contributed by atoms with E-state index in [2.05, 4.69) is 180 Å². The summed E-state index contributed by atoms with van der Waals surface area (Å²) in [7, 11) is 0. The van der Waals surface area contributed by atoms with Crippen LogP contribution in [0.5, 0.6) is 0 Å². The van der Waals surface area contributed by atoms with E-state index in [4.69, 9.17) is 6.58 Å². The number of fused-ring (bicyclic) bond motifs is 15. The maximum absolute atomic E-state index is 5.10. The minimum Gasteiger partial charge on any atom is -0.308 e. The zero-order valence-electron chi connectivity index (χ0n) is 29.8. The Balaban J connectivity index is 1.26. The summed E-state index contributed by atoms with van der Waals surface area (Å²) in [6.07, 6.45) is 6.52. The van der Waals surface area contributed by atoms with E-state index in [1.54, 1.807) is 0 Å². The molecule has 0 spiro atoms. The number of hydrogen-bond acceptors (Lipinski definition) is 0. The first-order valence-electron chi connectivity index (χ1n) is 18.5. The van der Waals surface area contributed by atoms with Crippen molar-refractivity contribution in [2.75, 3.05) is 0 Å². The molecular weight excluding hydrogens is 631 g/mol. The van der Waals surface area contributed by atoms with Crippen LogP contribution < -0.4 is 9.13 Å². The van der Waals surface area contributed by atoms with Gasteiger partial charge in [0.1, 0.15) is 0 Å². The van der Waals surface area contributed by atoms with Gasteiger partial charge in [0.15, 0.2) is 12.4 Å². The van der Waals surface area contributed by atoms with Crippen molar-refractivity contribution in [3.05, 3.63) is 169 Å². The number of para-hydroxylation sites is 2. The minimum atomic E-state index is -0.484. The van der Waals surface area contributed by atoms with Gasteiger partial charge in [-0.15, -0.1) is 0 Å². The van der Waals surface area contributed by atoms with Gasteiger partial charge in [-0.1, -0.05) is 78.9 Å². The second kappa shape index (κ2) is 10.3. The molecule has 0 saturated heterocycles. The van der Waals surface area contributed by atoms with Gasteiger partial charge in [-0.05, 0) is 91.9 Å². The third-order valence-electron chi connectivity index (χ3n) is 13.1. The summed E-state index contributed by atoms with van der Waals surface area (Å²) in [5, 5.41) is 5.23. The number of aromatic nitrogens is 3. The van der Waals surface area contributed by atoms with Crippen LogP contribution >= 0.6 is 0 Å². The van der Waals surface area contributed by atoms with Crippen LogP contribution in [0.3, 0.4) is 0 Å². The number of rotatable bonds is 1. The number of hydrogen-bond donors (Lipinski definition) is 0. The predicted molar refractivity (Wildman–Crippen MR) is 214 cm³/mol. The van der Waals surface area contributed by atoms with Gasteiger partial charge >= 0.3 is 0 Å². The highest BCUT2D eigenvalue weighted by Crippen LogP contribution is 2.53. The molecule has 5 aromatic carbocycles. The molecule has 0 N–H and O–H groups in total. The van der Waals surface area contributed by atoms with Crippen molar-refractivity contribution >= 4 is 43.8 Å². The zero-order chi connectivity index (χ0) is 34.9. The van der Waals surface area contributed by atoms with Crippen LogP contribution in [0, 0.1) is 6.92 Å². The summed E-state index contributed by atoms with van der Waals surface area (Å²) in [5.41, 5.74) is 15.6. The van der Waals surface area contributed by atoms with Crippen molar-refractivity contribution in [1.82, 2.24) is 4.40 Å². The number of allylic oxidation sites excluding steroid dienone is 1. The van der Waals surface area contributed by atoms with E-state index in [1.165, 1.54) is 88.4 Å². The molecule has 2 unspecified atom stereocenters. The lowest BCUT2D eigenvalue weighted by atomic mass is 9.59. The van der Waals surface area contributed by atoms with Gasteiger partial charge in [-0.2, -0.15) is 9.13 Å². The molecule has 2 aliphatic rings. The fourth-order valence-corrected chi connectivity index (χ4v) is 10.2. The Kier molecular flexibility index (Phi) is 5.85. The van der Waals surface area contributed by atoms with Crippen LogP contribution in [0.25, 0.3) is 77.4 Å². The van der Waals surface area contributed by atoms with E-state index in [0.717, 1.165) is 18.5 Å². The van der Waals surface area contributed by atoms with Gasteiger partial charge in [-0.3, -0.25) is 0 Å². The van der Waals surface area contributed by atoms with Crippen molar-refractivity contribution in [3.63, 3.8) is 0 Å². The fraction of sp³-hybridized carbons (Fsp3) is 0.143. The lowest BCUT2D eigenvalue weighted by Gasteiger charge is -2.45. The summed E-state index contributed by atoms with van der Waals surface area (Å²) in [5.74, 6) is 0. The zero-order valence-corrected chi connectivity index (χ0v) is 29.8. The molecule has 0 fully saturated rings. The SMILES string of the molecule is C=C1[n+]2cc(-c3ccccc3C)ccc2-c2cc3c4cccc5c6ccccc6n(c3cc2CCC2(C)c3ccccc3-c3cccc[n+]3C12C)c54. The third kappa shape index (κ3) is 3.60. The quantitative estimate of drug-likeness (QED) is 0.154. The Bertz CT molecular complexity index is 2980. The highest BCUT2D eigenvalue weighted by molar-refractivity contribution is 6.23. The molecule has 3 nitrogen and oxygen atoms in total. The average Bonchev–Trinajstić information content (AvgIpc) is 3.71. The molecule has 248 valence electrons. The van der Waals surface area contributed by atoms with Crippen molar-refractivity contribution in [2.24, 2.45) is 0 Å². The van der Waals surface area contributed by atoms with E-state index >= 15 is 0 Å². The van der Waals surface area contributed by atoms with E-state index < -0.39 is 5.54 Å². The molecule has 0 saturated carbocycles. The summed E-state index contributed by atoms with van der Waals surface area (Å²) in [4.78, 5) is 0. The normalized spacial score (nSPS) is 19.5. The van der Waals surface area contributed by atoms with Crippen molar-refractivity contribution in [2.45, 2.75) is 44.6 Å². The van der Waals surface area contributed by atoms with Gasteiger partial charge in [-0.25, -0.2) is 0 Å². The average molecular weight is 670 g/mol. The van der Waals surface area contributed by atoms with E-state index in [9.17, 15) is 0 Å². The number of aryl methyl sites for hydroxylation is 2. The lowest BCUT2D eigenvalue weighted by molar-refractivity contribution is -0.769. The molecule has 9 aromatic rings. The lowest BCUT2D eigenvalue weighted by Crippen LogP contribution is -2.71. The number of nitrogens with zero attached hydrogens (tertiary/aromatic N) is 3. The van der Waals surface area contributed by atoms with Crippen LogP contribution in [-0.4, -0.2) is 4.40 Å². The Morgan fingerprint density at radius 2 is 1.37 bits per heavy atom. The molecule has 6 heterocycles. The van der Waals surface area contributed by atoms with Crippen LogP contribution in [-0.2, 0) is 17.4 Å². The highest BCUT2D eigenvalue weighted by Gasteiger charge is 2.64. The molecule has 0 bridgehead atoms. The van der Waals surface area contributed by atoms with Crippen molar-refractivity contribution in [1.29, 1.82) is 0 Å². The highest BCUT2D eigenvalue weighted by atomic mass is 15.2. The maximum Gasteiger partial charge on any atom is 0.257 e. The van der Waals surface area contributed by atoms with Gasteiger partial charge in [0.2, 0.25) is 11.4 Å². The standard InChI is InChI=1S/C49H39N3/c1-31-14-5-6-15-35(31)34-23-24-43-40-29-41-38-19-13-18-37-36-16-8-10-22-45(36)52(47(37)38)46(41)28-33(40)25-26-48(3)42-20-9-7-17-39(42)44-21-11-12-27-51(44)49(48,4)32(2)50(43)30-34/h5-24,27-30H,2,25-26H2,1,3-4H3/q+2. The van der Waals surface area contributed by atoms with Gasteiger partial charge in [0.05, 0.1) is 33.1 Å². The maximum atomic E-state index is 5.10. The van der Waals surface area contributed by atoms with Crippen molar-refractivity contribution < 1.29 is 9.13 Å². The van der Waals surface area contributed by atoms with Crippen LogP contribution in [0.15, 0.2) is 152 Å². The molecule has 2 aliphatic heterocycles. The molecule has 0 aliphatic carbocycles. The van der Waals surface area contributed by atoms with Gasteiger partial charge in [0, 0.05) is 52.2 Å². The summed E-state index contributed by atoms with van der Waals surface area (Å²) in [6, 6.07) is 49.8. The molecule has 2 atom stereocenters. The monoisotopic (exact) mass is 669 g/mol. The minimum absolute atomic E-state index is 0.278.